The monoisotopic (exact) mass is 238 g/mol. The summed E-state index contributed by atoms with van der Waals surface area (Å²) >= 11 is 1.49. The van der Waals surface area contributed by atoms with Gasteiger partial charge in [-0.1, -0.05) is 12.1 Å². The van der Waals surface area contributed by atoms with Crippen LogP contribution in [0.5, 0.6) is 0 Å². The molecule has 0 aliphatic carbocycles. The van der Waals surface area contributed by atoms with Gasteiger partial charge in [0.05, 0.1) is 16.3 Å². The topological polar surface area (TPSA) is 77.8 Å². The molecule has 0 aromatic carbocycles. The highest BCUT2D eigenvalue weighted by Crippen LogP contribution is 2.25. The van der Waals surface area contributed by atoms with Crippen molar-refractivity contribution in [2.75, 3.05) is 0 Å². The summed E-state index contributed by atoms with van der Waals surface area (Å²) in [5, 5.41) is 3.94. The lowest BCUT2D eigenvalue weighted by atomic mass is 9.99. The van der Waals surface area contributed by atoms with Gasteiger partial charge in [-0.3, -0.25) is 4.98 Å². The SMILES string of the molecule is CCC(c1nc(-c2cncs2)no1)C(C)N. The molecule has 0 radical (unpaired) electrons. The quantitative estimate of drug-likeness (QED) is 0.881. The molecule has 0 aliphatic heterocycles. The third-order valence-corrected chi connectivity index (χ3v) is 3.26. The summed E-state index contributed by atoms with van der Waals surface area (Å²) in [7, 11) is 0. The van der Waals surface area contributed by atoms with Crippen molar-refractivity contribution < 1.29 is 4.52 Å². The van der Waals surface area contributed by atoms with E-state index in [2.05, 4.69) is 22.0 Å². The fourth-order valence-electron chi connectivity index (χ4n) is 1.58. The van der Waals surface area contributed by atoms with Gasteiger partial charge in [0.1, 0.15) is 0 Å². The lowest BCUT2D eigenvalue weighted by molar-refractivity contribution is 0.334. The average molecular weight is 238 g/mol. The van der Waals surface area contributed by atoms with Crippen molar-refractivity contribution in [3.63, 3.8) is 0 Å². The molecule has 2 atom stereocenters. The number of hydrogen-bond acceptors (Lipinski definition) is 6. The van der Waals surface area contributed by atoms with Gasteiger partial charge in [-0.15, -0.1) is 11.3 Å². The van der Waals surface area contributed by atoms with Gasteiger partial charge in [-0.05, 0) is 13.3 Å². The molecule has 2 rings (SSSR count). The highest BCUT2D eigenvalue weighted by atomic mass is 32.1. The molecule has 2 aromatic heterocycles. The Morgan fingerprint density at radius 2 is 2.38 bits per heavy atom. The molecule has 2 N–H and O–H groups in total. The van der Waals surface area contributed by atoms with Crippen LogP contribution in [0.2, 0.25) is 0 Å². The molecule has 0 bridgehead atoms. The minimum absolute atomic E-state index is 0.0137. The standard InChI is InChI=1S/C10H14N4OS/c1-3-7(6(2)11)10-13-9(14-15-10)8-4-12-5-16-8/h4-7H,3,11H2,1-2H3. The van der Waals surface area contributed by atoms with Crippen molar-refractivity contribution in [2.45, 2.75) is 32.2 Å². The summed E-state index contributed by atoms with van der Waals surface area (Å²) in [6.45, 7) is 4.01. The number of nitrogens with zero attached hydrogens (tertiary/aromatic N) is 3. The van der Waals surface area contributed by atoms with Crippen molar-refractivity contribution >= 4 is 11.3 Å². The molecular formula is C10H14N4OS. The maximum absolute atomic E-state index is 5.87. The normalized spacial score (nSPS) is 14.9. The first-order valence-corrected chi connectivity index (χ1v) is 6.08. The van der Waals surface area contributed by atoms with Gasteiger partial charge >= 0.3 is 0 Å². The Morgan fingerprint density at radius 3 is 2.94 bits per heavy atom. The number of aromatic nitrogens is 3. The molecule has 0 saturated carbocycles. The van der Waals surface area contributed by atoms with Crippen LogP contribution >= 0.6 is 11.3 Å². The Morgan fingerprint density at radius 1 is 1.56 bits per heavy atom. The molecule has 2 unspecified atom stereocenters. The van der Waals surface area contributed by atoms with Crippen LogP contribution in [0, 0.1) is 0 Å². The van der Waals surface area contributed by atoms with Crippen LogP contribution in [0.1, 0.15) is 32.1 Å². The summed E-state index contributed by atoms with van der Waals surface area (Å²) in [5.41, 5.74) is 7.61. The highest BCUT2D eigenvalue weighted by Gasteiger charge is 2.21. The fraction of sp³-hybridized carbons (Fsp3) is 0.500. The first-order valence-electron chi connectivity index (χ1n) is 5.20. The van der Waals surface area contributed by atoms with E-state index in [0.29, 0.717) is 11.7 Å². The maximum Gasteiger partial charge on any atom is 0.231 e. The number of rotatable bonds is 4. The summed E-state index contributed by atoms with van der Waals surface area (Å²) in [6, 6.07) is 0.0137. The molecule has 0 fully saturated rings. The van der Waals surface area contributed by atoms with E-state index < -0.39 is 0 Å². The average Bonchev–Trinajstić information content (AvgIpc) is 2.86. The van der Waals surface area contributed by atoms with Crippen LogP contribution in [0.4, 0.5) is 0 Å². The van der Waals surface area contributed by atoms with E-state index in [1.54, 1.807) is 11.7 Å². The van der Waals surface area contributed by atoms with Crippen molar-refractivity contribution in [1.82, 2.24) is 15.1 Å². The lowest BCUT2D eigenvalue weighted by Gasteiger charge is -2.13. The zero-order valence-corrected chi connectivity index (χ0v) is 10.1. The minimum Gasteiger partial charge on any atom is -0.339 e. The Labute approximate surface area is 97.7 Å². The van der Waals surface area contributed by atoms with Crippen LogP contribution in [0.3, 0.4) is 0 Å². The molecule has 5 nitrogen and oxygen atoms in total. The van der Waals surface area contributed by atoms with Gasteiger partial charge in [-0.2, -0.15) is 4.98 Å². The van der Waals surface area contributed by atoms with E-state index in [1.165, 1.54) is 11.3 Å². The van der Waals surface area contributed by atoms with E-state index in [0.717, 1.165) is 11.3 Å². The van der Waals surface area contributed by atoms with Crippen molar-refractivity contribution in [3.05, 3.63) is 17.6 Å². The zero-order valence-electron chi connectivity index (χ0n) is 9.25. The Bertz CT molecular complexity index is 437. The summed E-state index contributed by atoms with van der Waals surface area (Å²) < 4.78 is 5.24. The Kier molecular flexibility index (Phi) is 3.31. The van der Waals surface area contributed by atoms with Crippen LogP contribution in [-0.2, 0) is 0 Å². The molecule has 86 valence electrons. The molecule has 6 heteroatoms. The van der Waals surface area contributed by atoms with E-state index in [4.69, 9.17) is 10.3 Å². The largest absolute Gasteiger partial charge is 0.339 e. The van der Waals surface area contributed by atoms with Crippen LogP contribution < -0.4 is 5.73 Å². The number of thiazole rings is 1. The van der Waals surface area contributed by atoms with Crippen molar-refractivity contribution in [1.29, 1.82) is 0 Å². The van der Waals surface area contributed by atoms with E-state index in [-0.39, 0.29) is 12.0 Å². The maximum atomic E-state index is 5.87. The molecule has 0 amide bonds. The Hall–Kier alpha value is -1.27. The lowest BCUT2D eigenvalue weighted by Crippen LogP contribution is -2.24. The second-order valence-electron chi connectivity index (χ2n) is 3.70. The number of hydrogen-bond donors (Lipinski definition) is 1. The Balaban J connectivity index is 2.25. The minimum atomic E-state index is 0.0137. The zero-order chi connectivity index (χ0) is 11.5. The van der Waals surface area contributed by atoms with Gasteiger partial charge in [-0.25, -0.2) is 0 Å². The van der Waals surface area contributed by atoms with E-state index >= 15 is 0 Å². The molecule has 0 aliphatic rings. The second-order valence-corrected chi connectivity index (χ2v) is 4.58. The van der Waals surface area contributed by atoms with Gasteiger partial charge in [0.15, 0.2) is 0 Å². The van der Waals surface area contributed by atoms with Gasteiger partial charge in [0.2, 0.25) is 11.7 Å². The van der Waals surface area contributed by atoms with Crippen LogP contribution in [-0.4, -0.2) is 21.2 Å². The van der Waals surface area contributed by atoms with Gasteiger partial charge in [0.25, 0.3) is 0 Å². The smallest absolute Gasteiger partial charge is 0.231 e. The van der Waals surface area contributed by atoms with Crippen LogP contribution in [0.15, 0.2) is 16.2 Å². The molecule has 16 heavy (non-hydrogen) atoms. The van der Waals surface area contributed by atoms with Gasteiger partial charge in [0, 0.05) is 12.2 Å². The van der Waals surface area contributed by atoms with Crippen molar-refractivity contribution in [3.8, 4) is 10.7 Å². The molecule has 0 saturated heterocycles. The van der Waals surface area contributed by atoms with Crippen molar-refractivity contribution in [2.24, 2.45) is 5.73 Å². The predicted molar refractivity (Wildman–Crippen MR) is 62.1 cm³/mol. The fourth-order valence-corrected chi connectivity index (χ4v) is 2.13. The van der Waals surface area contributed by atoms with Crippen LogP contribution in [0.25, 0.3) is 10.7 Å². The molecule has 2 heterocycles. The van der Waals surface area contributed by atoms with Gasteiger partial charge < -0.3 is 10.3 Å². The molecular weight excluding hydrogens is 224 g/mol. The predicted octanol–water partition coefficient (Wildman–Crippen LogP) is 2.03. The first kappa shape index (κ1) is 11.2. The summed E-state index contributed by atoms with van der Waals surface area (Å²) in [5.74, 6) is 1.33. The molecule has 0 spiro atoms. The summed E-state index contributed by atoms with van der Waals surface area (Å²) in [4.78, 5) is 9.25. The highest BCUT2D eigenvalue weighted by molar-refractivity contribution is 7.13. The first-order chi connectivity index (χ1) is 7.72. The third kappa shape index (κ3) is 2.12. The van der Waals surface area contributed by atoms with E-state index in [1.807, 2.05) is 6.92 Å². The van der Waals surface area contributed by atoms with E-state index in [9.17, 15) is 0 Å². The molecule has 2 aromatic rings. The number of nitrogens with two attached hydrogens (primary N) is 1. The summed E-state index contributed by atoms with van der Waals surface area (Å²) in [6.07, 6.45) is 2.62. The second kappa shape index (κ2) is 4.71. The third-order valence-electron chi connectivity index (χ3n) is 2.49.